The number of hydrogen-bond donors (Lipinski definition) is 3. The number of nitrogens with zero attached hydrogens (tertiary/aromatic N) is 1. The van der Waals surface area contributed by atoms with Crippen LogP contribution in [0, 0.1) is 33.5 Å². The van der Waals surface area contributed by atoms with Gasteiger partial charge in [-0.15, -0.1) is 0 Å². The molecule has 1 saturated heterocycles. The first-order valence-electron chi connectivity index (χ1n) is 30.6. The highest BCUT2D eigenvalue weighted by Crippen LogP contribution is 2.51. The molecule has 2 amide bonds. The first-order chi connectivity index (χ1) is 39.3. The summed E-state index contributed by atoms with van der Waals surface area (Å²) < 4.78 is 10.7. The van der Waals surface area contributed by atoms with Crippen LogP contribution in [0.5, 0.6) is 0 Å². The molecule has 15 heteroatoms. The molecule has 85 heavy (non-hydrogen) atoms. The van der Waals surface area contributed by atoms with Crippen molar-refractivity contribution in [1.82, 2.24) is 15.5 Å². The van der Waals surface area contributed by atoms with Gasteiger partial charge in [-0.1, -0.05) is 154 Å². The van der Waals surface area contributed by atoms with Crippen molar-refractivity contribution in [3.05, 3.63) is 138 Å². The van der Waals surface area contributed by atoms with Crippen LogP contribution in [-0.4, -0.2) is 52.3 Å². The summed E-state index contributed by atoms with van der Waals surface area (Å²) in [6.45, 7) is 34.2. The van der Waals surface area contributed by atoms with Gasteiger partial charge in [-0.3, -0.25) is 19.7 Å². The van der Waals surface area contributed by atoms with Gasteiger partial charge in [0.1, 0.15) is 17.9 Å². The van der Waals surface area contributed by atoms with E-state index in [1.165, 1.54) is 0 Å². The molecule has 4 atom stereocenters. The first-order valence-corrected chi connectivity index (χ1v) is 32.1. The Hall–Kier alpha value is -4.49. The monoisotopic (exact) mass is 1250 g/mol. The lowest BCUT2D eigenvalue weighted by atomic mass is 9.69. The number of nitrogens with two attached hydrogens (primary N) is 1. The van der Waals surface area contributed by atoms with Crippen LogP contribution in [0.3, 0.4) is 0 Å². The molecular formula is C70H98Cl4N4O7. The van der Waals surface area contributed by atoms with Gasteiger partial charge >= 0.3 is 11.9 Å². The summed E-state index contributed by atoms with van der Waals surface area (Å²) in [5, 5.41) is 8.77. The minimum Gasteiger partial charge on any atom is -0.459 e. The average molecular weight is 1250 g/mol. The van der Waals surface area contributed by atoms with Crippen molar-refractivity contribution in [1.29, 1.82) is 0 Å². The molecule has 1 spiro atoms. The summed E-state index contributed by atoms with van der Waals surface area (Å²) in [4.78, 5) is 65.4. The number of carbonyl (C=O) groups excluding carboxylic acids is 5. The second kappa shape index (κ2) is 30.1. The molecule has 0 radical (unpaired) electrons. The third-order valence-electron chi connectivity index (χ3n) is 16.7. The molecule has 1 heterocycles. The first kappa shape index (κ1) is 71.3. The van der Waals surface area contributed by atoms with Crippen molar-refractivity contribution in [3.8, 4) is 0 Å². The number of nitrogens with one attached hydrogen (secondary N) is 2. The van der Waals surface area contributed by atoms with Gasteiger partial charge in [0, 0.05) is 32.9 Å². The molecule has 7 rings (SSSR count). The van der Waals surface area contributed by atoms with Crippen molar-refractivity contribution in [2.45, 2.75) is 230 Å². The van der Waals surface area contributed by atoms with Crippen LogP contribution in [0.1, 0.15) is 255 Å². The Morgan fingerprint density at radius 1 is 0.600 bits per heavy atom. The number of Topliss-reactive ketones (excluding diaryl/α,β-unsaturated/α-hetero) is 1. The Balaban J connectivity index is 0.000000270. The molecule has 2 saturated carbocycles. The van der Waals surface area contributed by atoms with Crippen molar-refractivity contribution >= 4 is 75.9 Å². The lowest BCUT2D eigenvalue weighted by Gasteiger charge is -2.49. The fourth-order valence-electron chi connectivity index (χ4n) is 11.7. The van der Waals surface area contributed by atoms with Crippen molar-refractivity contribution < 1.29 is 33.4 Å². The molecule has 0 aromatic heterocycles. The van der Waals surface area contributed by atoms with Crippen LogP contribution < -0.4 is 16.4 Å². The van der Waals surface area contributed by atoms with Gasteiger partial charge in [0.05, 0.1) is 41.1 Å². The SMILES string of the molecule is CC(C)(C)C1CCC(=O)CC1.CC(C)OC(=O)c1ccc([C@@H](CCC(C)(C)C)N2C(=O)C(c3cc(Cl)cc(Cl)c3)NC23CCC(C(C)(C)C)CC3)cc1.CC(C)OC(=O)c1ccc([C@@H](CCC(C)(C)C)NC(=O)C(N)c2cc(Cl)cc(Cl)c2)cc1. The fraction of sp³-hybridized carbons (Fsp3) is 0.586. The molecule has 3 fully saturated rings. The molecule has 4 aromatic carbocycles. The van der Waals surface area contributed by atoms with Crippen molar-refractivity contribution in [2.24, 2.45) is 39.2 Å². The minimum atomic E-state index is -0.913. The standard InChI is InChI=1S/C35H48Cl2N2O3.C25H32Cl2N2O3.C10H18O/c1-22(2)42-32(41)24-11-9-23(10-12-24)29(15-16-33(3,4)5)39-31(40)30(25-19-27(36)21-28(37)20-25)38-35(39)17-13-26(14-18-35)34(6,7)8;1-15(2)32-24(31)17-8-6-16(7-9-17)21(10-11-25(3,4)5)29-23(30)22(28)18-12-19(26)14-20(27)13-18;1-10(2,3)8-4-6-9(11)7-5-8/h9-12,19-22,26,29-30,38H,13-18H2,1-8H3;6-9,12-15,21-22H,10-11,28H2,1-5H3,(H,29,30);8H,4-7H2,1-3H3/t26?,29-,30?,35?;21-,22?;/m11./s1. The lowest BCUT2D eigenvalue weighted by Crippen LogP contribution is -2.56. The summed E-state index contributed by atoms with van der Waals surface area (Å²) in [5.41, 5.74) is 10.7. The van der Waals surface area contributed by atoms with Crippen molar-refractivity contribution in [2.75, 3.05) is 0 Å². The molecule has 2 aliphatic carbocycles. The molecule has 4 aromatic rings. The predicted octanol–water partition coefficient (Wildman–Crippen LogP) is 18.6. The number of rotatable bonds is 15. The summed E-state index contributed by atoms with van der Waals surface area (Å²) >= 11 is 25.0. The molecule has 0 bridgehead atoms. The summed E-state index contributed by atoms with van der Waals surface area (Å²) in [5.74, 6) is 0.820. The van der Waals surface area contributed by atoms with Crippen LogP contribution in [-0.2, 0) is 23.9 Å². The number of ketones is 1. The Morgan fingerprint density at radius 3 is 1.44 bits per heavy atom. The zero-order valence-corrected chi connectivity index (χ0v) is 56.6. The maximum atomic E-state index is 14.6. The lowest BCUT2D eigenvalue weighted by molar-refractivity contribution is -0.137. The third-order valence-corrected chi connectivity index (χ3v) is 17.5. The van der Waals surface area contributed by atoms with E-state index in [-0.39, 0.29) is 64.3 Å². The van der Waals surface area contributed by atoms with Gasteiger partial charge in [-0.05, 0) is 208 Å². The fourth-order valence-corrected chi connectivity index (χ4v) is 12.7. The van der Waals surface area contributed by atoms with Crippen molar-refractivity contribution in [3.63, 3.8) is 0 Å². The molecule has 3 aliphatic rings. The Labute approximate surface area is 529 Å². The van der Waals surface area contributed by atoms with Crippen LogP contribution in [0.15, 0.2) is 84.9 Å². The largest absolute Gasteiger partial charge is 0.459 e. The second-order valence-electron chi connectivity index (χ2n) is 28.9. The van der Waals surface area contributed by atoms with Gasteiger partial charge in [0.15, 0.2) is 0 Å². The van der Waals surface area contributed by atoms with Gasteiger partial charge < -0.3 is 25.4 Å². The molecule has 4 N–H and O–H groups in total. The van der Waals surface area contributed by atoms with E-state index in [0.717, 1.165) is 93.2 Å². The highest BCUT2D eigenvalue weighted by molar-refractivity contribution is 6.35. The molecular weight excluding hydrogens is 1150 g/mol. The maximum absolute atomic E-state index is 14.6. The van der Waals surface area contributed by atoms with Crippen LogP contribution in [0.2, 0.25) is 20.1 Å². The quantitative estimate of drug-likeness (QED) is 0.0986. The van der Waals surface area contributed by atoms with E-state index in [0.29, 0.717) is 60.3 Å². The number of benzene rings is 4. The number of hydrogen-bond acceptors (Lipinski definition) is 9. The molecule has 1 aliphatic heterocycles. The summed E-state index contributed by atoms with van der Waals surface area (Å²) in [6.07, 6.45) is 10.6. The van der Waals surface area contributed by atoms with E-state index in [4.69, 9.17) is 61.6 Å². The van der Waals surface area contributed by atoms with E-state index in [1.54, 1.807) is 50.2 Å². The summed E-state index contributed by atoms with van der Waals surface area (Å²) in [6, 6.07) is 23.1. The zero-order valence-electron chi connectivity index (χ0n) is 53.6. The van der Waals surface area contributed by atoms with Crippen LogP contribution >= 0.6 is 46.4 Å². The maximum Gasteiger partial charge on any atom is 0.338 e. The topological polar surface area (TPSA) is 157 Å². The van der Waals surface area contributed by atoms with Gasteiger partial charge in [-0.25, -0.2) is 9.59 Å². The Kier molecular flexibility index (Phi) is 25.3. The Morgan fingerprint density at radius 2 is 1.01 bits per heavy atom. The van der Waals surface area contributed by atoms with E-state index in [9.17, 15) is 24.0 Å². The second-order valence-corrected chi connectivity index (χ2v) is 30.7. The number of carbonyl (C=O) groups is 5. The zero-order chi connectivity index (χ0) is 63.6. The third kappa shape index (κ3) is 21.7. The van der Waals surface area contributed by atoms with Crippen LogP contribution in [0.4, 0.5) is 0 Å². The van der Waals surface area contributed by atoms with E-state index in [1.807, 2.05) is 62.4 Å². The van der Waals surface area contributed by atoms with E-state index >= 15 is 0 Å². The highest BCUT2D eigenvalue weighted by atomic mass is 35.5. The van der Waals surface area contributed by atoms with Crippen LogP contribution in [0.25, 0.3) is 0 Å². The van der Waals surface area contributed by atoms with E-state index in [2.05, 4.69) is 98.6 Å². The number of halogens is 4. The number of esters is 2. The minimum absolute atomic E-state index is 0.0461. The average Bonchev–Trinajstić information content (AvgIpc) is 1.70. The smallest absolute Gasteiger partial charge is 0.338 e. The predicted molar refractivity (Wildman–Crippen MR) is 348 cm³/mol. The van der Waals surface area contributed by atoms with Gasteiger partial charge in [0.25, 0.3) is 0 Å². The number of ether oxygens (including phenoxy) is 2. The molecule has 2 unspecified atom stereocenters. The number of amides is 2. The van der Waals surface area contributed by atoms with E-state index < -0.39 is 17.7 Å². The summed E-state index contributed by atoms with van der Waals surface area (Å²) in [7, 11) is 0. The molecule has 468 valence electrons. The normalized spacial score (nSPS) is 19.8. The highest BCUT2D eigenvalue weighted by Gasteiger charge is 2.55. The van der Waals surface area contributed by atoms with Gasteiger partial charge in [0.2, 0.25) is 11.8 Å². The molecule has 11 nitrogen and oxygen atoms in total. The van der Waals surface area contributed by atoms with Gasteiger partial charge in [-0.2, -0.15) is 0 Å². The Bertz CT molecular complexity index is 2840.